The van der Waals surface area contributed by atoms with Crippen LogP contribution in [0.4, 0.5) is 35.2 Å². The third-order valence-corrected chi connectivity index (χ3v) is 5.24. The molecule has 1 atom stereocenters. The van der Waals surface area contributed by atoms with Crippen molar-refractivity contribution >= 4 is 23.3 Å². The summed E-state index contributed by atoms with van der Waals surface area (Å²) in [6.07, 6.45) is 1.56. The Bertz CT molecular complexity index is 1130. The summed E-state index contributed by atoms with van der Waals surface area (Å²) in [4.78, 5) is 14.5. The van der Waals surface area contributed by atoms with E-state index >= 15 is 0 Å². The standard InChI is InChI=1S/C19H17F3N6O3/c1-26-6-10-7-27(9-13(10)24-26)18-12(20)4-14(16(21)17(18)22)28-8-11(31-19(28)29)5-23-15-2-3-30-25-15/h2-4,6,11H,5,7-9H2,1H3,(H,23,25)/t11-/m0/s1. The molecule has 0 bridgehead atoms. The minimum atomic E-state index is -1.36. The summed E-state index contributed by atoms with van der Waals surface area (Å²) >= 11 is 0. The van der Waals surface area contributed by atoms with Gasteiger partial charge in [-0.15, -0.1) is 0 Å². The number of nitrogens with zero attached hydrogens (tertiary/aromatic N) is 5. The molecular weight excluding hydrogens is 417 g/mol. The lowest BCUT2D eigenvalue weighted by atomic mass is 10.2. The SMILES string of the molecule is Cn1cc2c(n1)CN(c1c(F)cc(N3C[C@H](CNc4ccon4)OC3=O)c(F)c1F)C2. The molecule has 1 N–H and O–H groups in total. The van der Waals surface area contributed by atoms with Gasteiger partial charge in [0, 0.05) is 37.5 Å². The summed E-state index contributed by atoms with van der Waals surface area (Å²) in [7, 11) is 1.75. The molecule has 31 heavy (non-hydrogen) atoms. The maximum absolute atomic E-state index is 14.9. The van der Waals surface area contributed by atoms with Gasteiger partial charge in [0.1, 0.15) is 18.1 Å². The number of ether oxygens (including phenoxy) is 1. The van der Waals surface area contributed by atoms with Crippen LogP contribution in [-0.2, 0) is 24.9 Å². The topological polar surface area (TPSA) is 88.7 Å². The fourth-order valence-electron chi connectivity index (χ4n) is 3.86. The highest BCUT2D eigenvalue weighted by molar-refractivity contribution is 5.90. The van der Waals surface area contributed by atoms with Crippen molar-refractivity contribution in [1.29, 1.82) is 0 Å². The van der Waals surface area contributed by atoms with Crippen LogP contribution in [0, 0.1) is 17.5 Å². The summed E-state index contributed by atoms with van der Waals surface area (Å²) in [5, 5.41) is 10.8. The van der Waals surface area contributed by atoms with Crippen molar-refractivity contribution in [2.75, 3.05) is 28.2 Å². The summed E-state index contributed by atoms with van der Waals surface area (Å²) in [5.41, 5.74) is 0.495. The van der Waals surface area contributed by atoms with Crippen molar-refractivity contribution < 1.29 is 27.2 Å². The molecule has 1 fully saturated rings. The minimum Gasteiger partial charge on any atom is -0.442 e. The van der Waals surface area contributed by atoms with Crippen LogP contribution in [-0.4, -0.2) is 40.2 Å². The van der Waals surface area contributed by atoms with Crippen LogP contribution < -0.4 is 15.1 Å². The fraction of sp³-hybridized carbons (Fsp3) is 0.316. The van der Waals surface area contributed by atoms with Gasteiger partial charge in [0.05, 0.1) is 31.0 Å². The molecule has 2 aliphatic heterocycles. The highest BCUT2D eigenvalue weighted by Gasteiger charge is 2.37. The molecule has 0 radical (unpaired) electrons. The number of rotatable bonds is 5. The van der Waals surface area contributed by atoms with Gasteiger partial charge >= 0.3 is 6.09 Å². The lowest BCUT2D eigenvalue weighted by Crippen LogP contribution is -2.29. The monoisotopic (exact) mass is 434 g/mol. The van der Waals surface area contributed by atoms with Crippen LogP contribution in [0.1, 0.15) is 11.3 Å². The third-order valence-electron chi connectivity index (χ3n) is 5.24. The molecule has 0 unspecified atom stereocenters. The Morgan fingerprint density at radius 2 is 2.10 bits per heavy atom. The first kappa shape index (κ1) is 19.3. The van der Waals surface area contributed by atoms with Crippen molar-refractivity contribution in [3.05, 3.63) is 53.3 Å². The Hall–Kier alpha value is -3.70. The van der Waals surface area contributed by atoms with Crippen molar-refractivity contribution in [3.63, 3.8) is 0 Å². The smallest absolute Gasteiger partial charge is 0.414 e. The van der Waals surface area contributed by atoms with Crippen LogP contribution in [0.2, 0.25) is 0 Å². The number of halogens is 3. The molecule has 1 amide bonds. The average Bonchev–Trinajstić information content (AvgIpc) is 3.48. The molecule has 2 aliphatic rings. The molecule has 9 nitrogen and oxygen atoms in total. The van der Waals surface area contributed by atoms with Crippen molar-refractivity contribution in [2.24, 2.45) is 7.05 Å². The molecule has 1 saturated heterocycles. The number of carbonyl (C=O) groups excluding carboxylic acids is 1. The second kappa shape index (κ2) is 7.22. The molecule has 2 aromatic heterocycles. The number of aryl methyl sites for hydroxylation is 1. The summed E-state index contributed by atoms with van der Waals surface area (Å²) in [5.74, 6) is -3.21. The van der Waals surface area contributed by atoms with E-state index in [1.54, 1.807) is 24.0 Å². The van der Waals surface area contributed by atoms with Crippen molar-refractivity contribution in [1.82, 2.24) is 14.9 Å². The fourth-order valence-corrected chi connectivity index (χ4v) is 3.86. The Balaban J connectivity index is 1.35. The number of aromatic nitrogens is 3. The van der Waals surface area contributed by atoms with E-state index in [9.17, 15) is 18.0 Å². The number of amides is 1. The Kier molecular flexibility index (Phi) is 4.49. The number of nitrogens with one attached hydrogen (secondary N) is 1. The second-order valence-corrected chi connectivity index (χ2v) is 7.37. The zero-order chi connectivity index (χ0) is 21.7. The van der Waals surface area contributed by atoms with Crippen molar-refractivity contribution in [2.45, 2.75) is 19.2 Å². The van der Waals surface area contributed by atoms with Gasteiger partial charge in [0.15, 0.2) is 23.3 Å². The van der Waals surface area contributed by atoms with Gasteiger partial charge in [-0.25, -0.2) is 18.0 Å². The summed E-state index contributed by atoms with van der Waals surface area (Å²) in [6, 6.07) is 2.39. The maximum Gasteiger partial charge on any atom is 0.414 e. The summed E-state index contributed by atoms with van der Waals surface area (Å²) < 4.78 is 56.2. The van der Waals surface area contributed by atoms with E-state index in [0.29, 0.717) is 11.5 Å². The Morgan fingerprint density at radius 1 is 1.26 bits per heavy atom. The van der Waals surface area contributed by atoms with E-state index in [2.05, 4.69) is 20.1 Å². The molecular formula is C19H17F3N6O3. The number of benzene rings is 1. The number of fused-ring (bicyclic) bond motifs is 1. The highest BCUT2D eigenvalue weighted by atomic mass is 19.2. The van der Waals surface area contributed by atoms with Gasteiger partial charge < -0.3 is 19.5 Å². The van der Waals surface area contributed by atoms with Gasteiger partial charge in [-0.2, -0.15) is 5.10 Å². The second-order valence-electron chi connectivity index (χ2n) is 7.37. The number of hydrogen-bond acceptors (Lipinski definition) is 7. The first-order valence-corrected chi connectivity index (χ1v) is 9.47. The lowest BCUT2D eigenvalue weighted by Gasteiger charge is -2.22. The van der Waals surface area contributed by atoms with E-state index in [4.69, 9.17) is 4.74 Å². The van der Waals surface area contributed by atoms with Crippen LogP contribution in [0.25, 0.3) is 0 Å². The number of cyclic esters (lactones) is 1. The molecule has 0 saturated carbocycles. The molecule has 5 rings (SSSR count). The van der Waals surface area contributed by atoms with Crippen LogP contribution in [0.15, 0.2) is 29.1 Å². The summed E-state index contributed by atoms with van der Waals surface area (Å²) in [6.45, 7) is 0.444. The predicted octanol–water partition coefficient (Wildman–Crippen LogP) is 2.78. The molecule has 4 heterocycles. The zero-order valence-corrected chi connectivity index (χ0v) is 16.3. The number of hydrogen-bond donors (Lipinski definition) is 1. The largest absolute Gasteiger partial charge is 0.442 e. The predicted molar refractivity (Wildman–Crippen MR) is 102 cm³/mol. The van der Waals surface area contributed by atoms with Crippen molar-refractivity contribution in [3.8, 4) is 0 Å². The van der Waals surface area contributed by atoms with Gasteiger partial charge in [-0.05, 0) is 0 Å². The van der Waals surface area contributed by atoms with E-state index in [0.717, 1.165) is 16.5 Å². The molecule has 12 heteroatoms. The quantitative estimate of drug-likeness (QED) is 0.618. The first-order valence-electron chi connectivity index (χ1n) is 9.47. The minimum absolute atomic E-state index is 0.0847. The van der Waals surface area contributed by atoms with Crippen LogP contribution in [0.5, 0.6) is 0 Å². The van der Waals surface area contributed by atoms with E-state index in [1.165, 1.54) is 11.2 Å². The molecule has 0 spiro atoms. The highest BCUT2D eigenvalue weighted by Crippen LogP contribution is 2.37. The number of anilines is 3. The molecule has 162 valence electrons. The Labute approximate surface area is 174 Å². The van der Waals surface area contributed by atoms with Gasteiger partial charge in [-0.1, -0.05) is 5.16 Å². The van der Waals surface area contributed by atoms with Gasteiger partial charge in [0.25, 0.3) is 0 Å². The maximum atomic E-state index is 14.9. The van der Waals surface area contributed by atoms with Crippen LogP contribution >= 0.6 is 0 Å². The van der Waals surface area contributed by atoms with Crippen LogP contribution in [0.3, 0.4) is 0 Å². The molecule has 1 aromatic carbocycles. The average molecular weight is 434 g/mol. The van der Waals surface area contributed by atoms with Gasteiger partial charge in [0.2, 0.25) is 0 Å². The van der Waals surface area contributed by atoms with E-state index < -0.39 is 41.0 Å². The molecule has 3 aromatic rings. The third kappa shape index (κ3) is 3.33. The number of carbonyl (C=O) groups is 1. The van der Waals surface area contributed by atoms with E-state index in [1.807, 2.05) is 0 Å². The lowest BCUT2D eigenvalue weighted by molar-refractivity contribution is 0.147. The van der Waals surface area contributed by atoms with E-state index in [-0.39, 0.29) is 26.2 Å². The molecule has 0 aliphatic carbocycles. The Morgan fingerprint density at radius 3 is 2.84 bits per heavy atom. The first-order chi connectivity index (χ1) is 14.9. The normalized spacial score (nSPS) is 17.9. The zero-order valence-electron chi connectivity index (χ0n) is 16.3. The van der Waals surface area contributed by atoms with Gasteiger partial charge in [-0.3, -0.25) is 9.58 Å².